The molecule has 0 aliphatic heterocycles. The molecule has 0 amide bonds. The topological polar surface area (TPSA) is 40.5 Å². The van der Waals surface area contributed by atoms with Gasteiger partial charge in [0.2, 0.25) is 0 Å². The van der Waals surface area contributed by atoms with Crippen LogP contribution in [0.1, 0.15) is 20.3 Å². The zero-order valence-corrected chi connectivity index (χ0v) is 5.46. The highest BCUT2D eigenvalue weighted by Crippen LogP contribution is 2.02. The second kappa shape index (κ2) is 6.80. The van der Waals surface area contributed by atoms with E-state index in [4.69, 9.17) is 10.2 Å². The Kier molecular flexibility index (Phi) is 9.35. The molecule has 2 N–H and O–H groups in total. The molecular weight excluding hydrogens is 128 g/mol. The van der Waals surface area contributed by atoms with Gasteiger partial charge in [0, 0.05) is 0 Å². The number of hydrogen-bond acceptors (Lipinski definition) is 2. The lowest BCUT2D eigenvalue weighted by molar-refractivity contribution is 0.0782. The van der Waals surface area contributed by atoms with E-state index in [0.717, 1.165) is 0 Å². The summed E-state index contributed by atoms with van der Waals surface area (Å²) in [6, 6.07) is 0. The van der Waals surface area contributed by atoms with Gasteiger partial charge in [-0.15, -0.1) is 0 Å². The number of aliphatic hydroxyl groups is 2. The van der Waals surface area contributed by atoms with Crippen molar-refractivity contribution in [1.29, 1.82) is 0 Å². The van der Waals surface area contributed by atoms with Crippen LogP contribution in [-0.4, -0.2) is 46.0 Å². The van der Waals surface area contributed by atoms with Gasteiger partial charge in [-0.05, 0) is 12.3 Å². The largest absolute Gasteiger partial charge is 0.394 e. The first kappa shape index (κ1) is 12.4. The Morgan fingerprint density at radius 1 is 1.33 bits per heavy atom. The zero-order chi connectivity index (χ0) is 6.57. The molecular formula is C6H16MgO2. The van der Waals surface area contributed by atoms with Gasteiger partial charge in [-0.1, -0.05) is 13.8 Å². The quantitative estimate of drug-likeness (QED) is 0.523. The van der Waals surface area contributed by atoms with Gasteiger partial charge in [0.15, 0.2) is 0 Å². The molecule has 3 heteroatoms. The van der Waals surface area contributed by atoms with Crippen molar-refractivity contribution < 1.29 is 10.2 Å². The predicted octanol–water partition coefficient (Wildman–Crippen LogP) is -0.530. The number of hydrogen-bond donors (Lipinski definition) is 2. The molecule has 0 aromatic heterocycles. The van der Waals surface area contributed by atoms with Gasteiger partial charge in [0.1, 0.15) is 0 Å². The lowest BCUT2D eigenvalue weighted by Gasteiger charge is -2.08. The summed E-state index contributed by atoms with van der Waals surface area (Å²) in [5.74, 6) is 0.470. The Morgan fingerprint density at radius 3 is 1.89 bits per heavy atom. The van der Waals surface area contributed by atoms with Crippen LogP contribution < -0.4 is 0 Å². The molecule has 2 nitrogen and oxygen atoms in total. The van der Waals surface area contributed by atoms with Crippen molar-refractivity contribution in [2.24, 2.45) is 5.92 Å². The van der Waals surface area contributed by atoms with Gasteiger partial charge in [-0.3, -0.25) is 0 Å². The summed E-state index contributed by atoms with van der Waals surface area (Å²) in [6.07, 6.45) is 0.172. The third kappa shape index (κ3) is 8.69. The monoisotopic (exact) mass is 144 g/mol. The maximum absolute atomic E-state index is 8.78. The van der Waals surface area contributed by atoms with E-state index in [1.165, 1.54) is 0 Å². The first-order valence-electron chi connectivity index (χ1n) is 2.95. The maximum atomic E-state index is 8.78. The van der Waals surface area contributed by atoms with E-state index in [-0.39, 0.29) is 29.7 Å². The van der Waals surface area contributed by atoms with Crippen molar-refractivity contribution >= 4 is 23.1 Å². The molecule has 0 spiro atoms. The summed E-state index contributed by atoms with van der Waals surface area (Å²) in [5, 5.41) is 17.1. The van der Waals surface area contributed by atoms with Crippen LogP contribution in [-0.2, 0) is 0 Å². The molecule has 54 valence electrons. The Morgan fingerprint density at radius 2 is 1.78 bits per heavy atom. The van der Waals surface area contributed by atoms with Crippen LogP contribution in [0.4, 0.5) is 0 Å². The SMILES string of the molecule is CC(C)CC(O)CO.[MgH2]. The van der Waals surface area contributed by atoms with Gasteiger partial charge in [-0.25, -0.2) is 0 Å². The van der Waals surface area contributed by atoms with E-state index >= 15 is 0 Å². The molecule has 1 unspecified atom stereocenters. The van der Waals surface area contributed by atoms with Crippen LogP contribution in [0.2, 0.25) is 0 Å². The third-order valence-electron chi connectivity index (χ3n) is 0.954. The highest BCUT2D eigenvalue weighted by molar-refractivity contribution is 5.75. The summed E-state index contributed by atoms with van der Waals surface area (Å²) in [7, 11) is 0. The summed E-state index contributed by atoms with van der Waals surface area (Å²) in [5.41, 5.74) is 0. The number of rotatable bonds is 3. The van der Waals surface area contributed by atoms with Gasteiger partial charge in [0.25, 0.3) is 0 Å². The second-order valence-electron chi connectivity index (χ2n) is 2.47. The lowest BCUT2D eigenvalue weighted by Crippen LogP contribution is -2.14. The molecule has 0 radical (unpaired) electrons. The van der Waals surface area contributed by atoms with Crippen molar-refractivity contribution in [2.45, 2.75) is 26.4 Å². The molecule has 0 saturated carbocycles. The Labute approximate surface area is 72.4 Å². The predicted molar refractivity (Wildman–Crippen MR) is 41.1 cm³/mol. The Balaban J connectivity index is 0. The molecule has 0 aromatic carbocycles. The van der Waals surface area contributed by atoms with Crippen molar-refractivity contribution in [1.82, 2.24) is 0 Å². The van der Waals surface area contributed by atoms with Crippen LogP contribution >= 0.6 is 0 Å². The van der Waals surface area contributed by atoms with E-state index in [9.17, 15) is 0 Å². The minimum absolute atomic E-state index is 0. The zero-order valence-electron chi connectivity index (χ0n) is 5.46. The van der Waals surface area contributed by atoms with Crippen molar-refractivity contribution in [3.05, 3.63) is 0 Å². The molecule has 0 bridgehead atoms. The highest BCUT2D eigenvalue weighted by Gasteiger charge is 2.02. The van der Waals surface area contributed by atoms with Crippen LogP contribution in [0.15, 0.2) is 0 Å². The van der Waals surface area contributed by atoms with Crippen LogP contribution in [0.25, 0.3) is 0 Å². The molecule has 9 heavy (non-hydrogen) atoms. The lowest BCUT2D eigenvalue weighted by atomic mass is 10.1. The third-order valence-corrected chi connectivity index (χ3v) is 0.954. The van der Waals surface area contributed by atoms with Crippen LogP contribution in [0.5, 0.6) is 0 Å². The molecule has 1 atom stereocenters. The fourth-order valence-electron chi connectivity index (χ4n) is 0.619. The fourth-order valence-corrected chi connectivity index (χ4v) is 0.619. The Bertz CT molecular complexity index is 57.0. The highest BCUT2D eigenvalue weighted by atomic mass is 24.3. The number of aliphatic hydroxyl groups excluding tert-OH is 2. The van der Waals surface area contributed by atoms with Crippen molar-refractivity contribution in [3.8, 4) is 0 Å². The van der Waals surface area contributed by atoms with Crippen molar-refractivity contribution in [2.75, 3.05) is 6.61 Å². The average Bonchev–Trinajstić information content (AvgIpc) is 1.65. The summed E-state index contributed by atoms with van der Waals surface area (Å²) in [6.45, 7) is 3.91. The average molecular weight is 144 g/mol. The summed E-state index contributed by atoms with van der Waals surface area (Å²) < 4.78 is 0. The summed E-state index contributed by atoms with van der Waals surface area (Å²) >= 11 is 0. The molecule has 0 aromatic rings. The molecule has 0 aliphatic carbocycles. The van der Waals surface area contributed by atoms with Gasteiger partial charge in [0.05, 0.1) is 12.7 Å². The smallest absolute Gasteiger partial charge is 0.316 e. The Hall–Kier alpha value is 0.686. The molecule has 0 saturated heterocycles. The van der Waals surface area contributed by atoms with E-state index in [0.29, 0.717) is 12.3 Å². The van der Waals surface area contributed by atoms with E-state index in [2.05, 4.69) is 0 Å². The molecule has 0 rings (SSSR count). The maximum Gasteiger partial charge on any atom is 0.316 e. The van der Waals surface area contributed by atoms with Gasteiger partial charge >= 0.3 is 23.1 Å². The standard InChI is InChI=1S/C6H14O2.Mg.2H/c1-5(2)3-6(8)4-7;;;/h5-8H,3-4H2,1-2H3;;;. The van der Waals surface area contributed by atoms with Crippen molar-refractivity contribution in [3.63, 3.8) is 0 Å². The first-order chi connectivity index (χ1) is 3.66. The van der Waals surface area contributed by atoms with E-state index < -0.39 is 6.10 Å². The van der Waals surface area contributed by atoms with E-state index in [1.807, 2.05) is 13.8 Å². The molecule has 0 heterocycles. The first-order valence-corrected chi connectivity index (χ1v) is 2.95. The minimum Gasteiger partial charge on any atom is -0.394 e. The second-order valence-corrected chi connectivity index (χ2v) is 2.47. The normalized spacial score (nSPS) is 13.0. The van der Waals surface area contributed by atoms with E-state index in [1.54, 1.807) is 0 Å². The van der Waals surface area contributed by atoms with Crippen LogP contribution in [0.3, 0.4) is 0 Å². The minimum atomic E-state index is -0.519. The fraction of sp³-hybridized carbons (Fsp3) is 1.00. The van der Waals surface area contributed by atoms with Gasteiger partial charge in [-0.2, -0.15) is 0 Å². The van der Waals surface area contributed by atoms with Crippen LogP contribution in [0, 0.1) is 5.92 Å². The van der Waals surface area contributed by atoms with Gasteiger partial charge < -0.3 is 10.2 Å². The molecule has 0 fully saturated rings. The molecule has 0 aliphatic rings. The summed E-state index contributed by atoms with van der Waals surface area (Å²) in [4.78, 5) is 0.